The molecule has 2 aromatic rings. The Morgan fingerprint density at radius 2 is 1.92 bits per heavy atom. The van der Waals surface area contributed by atoms with E-state index in [2.05, 4.69) is 49.8 Å². The maximum Gasteiger partial charge on any atom is 0.129 e. The van der Waals surface area contributed by atoms with Gasteiger partial charge in [-0.25, -0.2) is 0 Å². The van der Waals surface area contributed by atoms with Gasteiger partial charge in [-0.05, 0) is 62.1 Å². The van der Waals surface area contributed by atoms with Gasteiger partial charge in [0.05, 0.1) is 12.8 Å². The lowest BCUT2D eigenvalue weighted by molar-refractivity contribution is 0.389. The summed E-state index contributed by atoms with van der Waals surface area (Å²) in [6.07, 6.45) is 2.99. The summed E-state index contributed by atoms with van der Waals surface area (Å²) in [6, 6.07) is 11.8. The van der Waals surface area contributed by atoms with Gasteiger partial charge < -0.3 is 9.64 Å². The van der Waals surface area contributed by atoms with Crippen LogP contribution in [0.2, 0.25) is 5.02 Å². The fourth-order valence-electron chi connectivity index (χ4n) is 3.56. The highest BCUT2D eigenvalue weighted by molar-refractivity contribution is 6.30. The number of hydrogen-bond donors (Lipinski definition) is 0. The molecule has 4 heteroatoms. The maximum atomic E-state index is 5.93. The topological polar surface area (TPSA) is 24.8 Å². The van der Waals surface area contributed by atoms with Crippen molar-refractivity contribution in [3.05, 3.63) is 52.5 Å². The first-order chi connectivity index (χ1) is 11.8. The Bertz CT molecular complexity index is 796. The van der Waals surface area contributed by atoms with E-state index < -0.39 is 0 Å². The lowest BCUT2D eigenvalue weighted by Gasteiger charge is -2.45. The molecule has 0 N–H and O–H groups in total. The number of fused-ring (bicyclic) bond motifs is 1. The fourth-order valence-corrected chi connectivity index (χ4v) is 3.69. The zero-order valence-electron chi connectivity index (χ0n) is 15.5. The van der Waals surface area contributed by atoms with Crippen LogP contribution in [-0.4, -0.2) is 25.9 Å². The van der Waals surface area contributed by atoms with Crippen LogP contribution in [0.5, 0.6) is 5.75 Å². The molecule has 2 aromatic carbocycles. The quantitative estimate of drug-likeness (QED) is 0.647. The second kappa shape index (κ2) is 6.72. The van der Waals surface area contributed by atoms with Crippen molar-refractivity contribution in [1.29, 1.82) is 0 Å². The van der Waals surface area contributed by atoms with Crippen LogP contribution in [0.1, 0.15) is 44.2 Å². The molecule has 1 aliphatic rings. The van der Waals surface area contributed by atoms with Crippen molar-refractivity contribution in [2.45, 2.75) is 38.6 Å². The first-order valence-electron chi connectivity index (χ1n) is 8.57. The van der Waals surface area contributed by atoms with Crippen molar-refractivity contribution in [1.82, 2.24) is 0 Å². The number of nitrogens with zero attached hydrogens (tertiary/aromatic N) is 2. The Balaban J connectivity index is 2.01. The van der Waals surface area contributed by atoms with Gasteiger partial charge in [0, 0.05) is 41.1 Å². The van der Waals surface area contributed by atoms with Crippen LogP contribution in [0, 0.1) is 0 Å². The summed E-state index contributed by atoms with van der Waals surface area (Å²) in [5.74, 6) is 1.34. The van der Waals surface area contributed by atoms with Gasteiger partial charge in [0.15, 0.2) is 0 Å². The highest BCUT2D eigenvalue weighted by Gasteiger charge is 2.34. The van der Waals surface area contributed by atoms with Gasteiger partial charge in [-0.2, -0.15) is 0 Å². The van der Waals surface area contributed by atoms with Gasteiger partial charge in [-0.15, -0.1) is 0 Å². The van der Waals surface area contributed by atoms with Crippen LogP contribution in [0.25, 0.3) is 0 Å². The van der Waals surface area contributed by atoms with Crippen molar-refractivity contribution in [3.63, 3.8) is 0 Å². The standard InChI is InChI=1S/C21H25ClN2O/c1-14-12-21(2,3)24(4)19-11-20(25-5)15(10-18(14)19)13-23-17-8-6-16(22)7-9-17/h6-11,13-14H,12H2,1-5H3. The molecule has 0 saturated heterocycles. The molecule has 0 amide bonds. The molecule has 0 spiro atoms. The number of hydrogen-bond acceptors (Lipinski definition) is 3. The summed E-state index contributed by atoms with van der Waals surface area (Å²) in [7, 11) is 3.87. The average Bonchev–Trinajstić information content (AvgIpc) is 2.58. The molecule has 0 saturated carbocycles. The van der Waals surface area contributed by atoms with Gasteiger partial charge in [0.2, 0.25) is 0 Å². The molecule has 0 bridgehead atoms. The summed E-state index contributed by atoms with van der Waals surface area (Å²) in [5.41, 5.74) is 4.59. The summed E-state index contributed by atoms with van der Waals surface area (Å²) >= 11 is 5.93. The van der Waals surface area contributed by atoms with Crippen molar-refractivity contribution < 1.29 is 4.74 Å². The summed E-state index contributed by atoms with van der Waals surface area (Å²) in [6.45, 7) is 6.86. The number of anilines is 1. The summed E-state index contributed by atoms with van der Waals surface area (Å²) in [5, 5.41) is 0.713. The van der Waals surface area contributed by atoms with E-state index in [1.807, 2.05) is 30.5 Å². The molecule has 25 heavy (non-hydrogen) atoms. The van der Waals surface area contributed by atoms with Crippen molar-refractivity contribution in [2.24, 2.45) is 4.99 Å². The predicted molar refractivity (Wildman–Crippen MR) is 107 cm³/mol. The van der Waals surface area contributed by atoms with E-state index in [0.717, 1.165) is 23.4 Å². The minimum atomic E-state index is 0.135. The number of halogens is 1. The van der Waals surface area contributed by atoms with E-state index in [-0.39, 0.29) is 5.54 Å². The molecule has 132 valence electrons. The summed E-state index contributed by atoms with van der Waals surface area (Å²) in [4.78, 5) is 6.92. The molecule has 1 heterocycles. The average molecular weight is 357 g/mol. The smallest absolute Gasteiger partial charge is 0.129 e. The first-order valence-corrected chi connectivity index (χ1v) is 8.95. The molecule has 0 radical (unpaired) electrons. The Morgan fingerprint density at radius 3 is 2.56 bits per heavy atom. The van der Waals surface area contributed by atoms with Crippen LogP contribution >= 0.6 is 11.6 Å². The minimum absolute atomic E-state index is 0.135. The molecule has 1 aliphatic heterocycles. The highest BCUT2D eigenvalue weighted by Crippen LogP contribution is 2.44. The summed E-state index contributed by atoms with van der Waals surface area (Å²) < 4.78 is 5.63. The maximum absolute atomic E-state index is 5.93. The van der Waals surface area contributed by atoms with E-state index in [1.54, 1.807) is 7.11 Å². The monoisotopic (exact) mass is 356 g/mol. The molecular weight excluding hydrogens is 332 g/mol. The lowest BCUT2D eigenvalue weighted by atomic mass is 9.80. The van der Waals surface area contributed by atoms with E-state index in [9.17, 15) is 0 Å². The van der Waals surface area contributed by atoms with Crippen LogP contribution in [0.4, 0.5) is 11.4 Å². The van der Waals surface area contributed by atoms with E-state index in [4.69, 9.17) is 16.3 Å². The van der Waals surface area contributed by atoms with Crippen LogP contribution in [0.3, 0.4) is 0 Å². The van der Waals surface area contributed by atoms with Crippen LogP contribution in [0.15, 0.2) is 41.4 Å². The molecular formula is C21H25ClN2O. The predicted octanol–water partition coefficient (Wildman–Crippen LogP) is 5.82. The third-order valence-electron chi connectivity index (χ3n) is 5.16. The zero-order chi connectivity index (χ0) is 18.2. The lowest BCUT2D eigenvalue weighted by Crippen LogP contribution is -2.45. The number of methoxy groups -OCH3 is 1. The van der Waals surface area contributed by atoms with Crippen molar-refractivity contribution >= 4 is 29.2 Å². The van der Waals surface area contributed by atoms with Crippen LogP contribution in [-0.2, 0) is 0 Å². The van der Waals surface area contributed by atoms with Gasteiger partial charge in [-0.3, -0.25) is 4.99 Å². The third kappa shape index (κ3) is 3.52. The first kappa shape index (κ1) is 17.8. The molecule has 3 rings (SSSR count). The Hall–Kier alpha value is -2.00. The number of ether oxygens (including phenoxy) is 1. The van der Waals surface area contributed by atoms with Gasteiger partial charge in [0.1, 0.15) is 5.75 Å². The van der Waals surface area contributed by atoms with Crippen LogP contribution < -0.4 is 9.64 Å². The van der Waals surface area contributed by atoms with Crippen molar-refractivity contribution in [2.75, 3.05) is 19.1 Å². The largest absolute Gasteiger partial charge is 0.496 e. The fraction of sp³-hybridized carbons (Fsp3) is 0.381. The Kier molecular flexibility index (Phi) is 4.79. The minimum Gasteiger partial charge on any atom is -0.496 e. The second-order valence-corrected chi connectivity index (χ2v) is 7.80. The molecule has 1 atom stereocenters. The highest BCUT2D eigenvalue weighted by atomic mass is 35.5. The Labute approximate surface area is 155 Å². The van der Waals surface area contributed by atoms with Gasteiger partial charge >= 0.3 is 0 Å². The zero-order valence-corrected chi connectivity index (χ0v) is 16.3. The molecule has 0 aromatic heterocycles. The molecule has 1 unspecified atom stereocenters. The second-order valence-electron chi connectivity index (χ2n) is 7.36. The van der Waals surface area contributed by atoms with E-state index in [1.165, 1.54) is 11.3 Å². The normalized spacial score (nSPS) is 19.1. The van der Waals surface area contributed by atoms with Gasteiger partial charge in [-0.1, -0.05) is 18.5 Å². The Morgan fingerprint density at radius 1 is 1.24 bits per heavy atom. The van der Waals surface area contributed by atoms with Crippen molar-refractivity contribution in [3.8, 4) is 5.75 Å². The van der Waals surface area contributed by atoms with E-state index in [0.29, 0.717) is 10.9 Å². The third-order valence-corrected chi connectivity index (χ3v) is 5.42. The molecule has 0 aliphatic carbocycles. The SMILES string of the molecule is COc1cc2c(cc1C=Nc1ccc(Cl)cc1)C(C)CC(C)(C)N2C. The molecule has 0 fully saturated rings. The van der Waals surface area contributed by atoms with E-state index >= 15 is 0 Å². The molecule has 3 nitrogen and oxygen atoms in total. The van der Waals surface area contributed by atoms with Gasteiger partial charge in [0.25, 0.3) is 0 Å². The number of benzene rings is 2. The number of rotatable bonds is 3. The number of aliphatic imine (C=N–C) groups is 1.